The van der Waals surface area contributed by atoms with Crippen molar-refractivity contribution in [2.75, 3.05) is 26.8 Å². The normalized spacial score (nSPS) is 20.1. The maximum absolute atomic E-state index is 13.8. The lowest BCUT2D eigenvalue weighted by Gasteiger charge is -2.29. The van der Waals surface area contributed by atoms with Crippen LogP contribution in [0.2, 0.25) is 0 Å². The van der Waals surface area contributed by atoms with Gasteiger partial charge in [0.2, 0.25) is 5.91 Å². The molecule has 1 saturated heterocycles. The van der Waals surface area contributed by atoms with Crippen molar-refractivity contribution in [3.8, 4) is 0 Å². The quantitative estimate of drug-likeness (QED) is 0.922. The molecule has 1 heterocycles. The standard InChI is InChI=1S/C15H20F2N2O2/c1-10(13-7-11(16)3-4-14(13)17)19(2)15(20)8-12-9-21-6-5-18-12/h3-4,7,10,12,18H,5-6,8-9H2,1-2H3. The second-order valence-corrected chi connectivity index (χ2v) is 5.28. The summed E-state index contributed by atoms with van der Waals surface area (Å²) >= 11 is 0. The van der Waals surface area contributed by atoms with Crippen LogP contribution < -0.4 is 5.32 Å². The molecule has 1 amide bonds. The van der Waals surface area contributed by atoms with E-state index in [1.165, 1.54) is 4.90 Å². The minimum Gasteiger partial charge on any atom is -0.378 e. The van der Waals surface area contributed by atoms with Crippen LogP contribution in [0.4, 0.5) is 8.78 Å². The van der Waals surface area contributed by atoms with Crippen LogP contribution >= 0.6 is 0 Å². The lowest BCUT2D eigenvalue weighted by molar-refractivity contribution is -0.133. The Morgan fingerprint density at radius 3 is 2.95 bits per heavy atom. The van der Waals surface area contributed by atoms with E-state index in [1.54, 1.807) is 14.0 Å². The molecule has 1 fully saturated rings. The van der Waals surface area contributed by atoms with Gasteiger partial charge in [0.1, 0.15) is 11.6 Å². The molecule has 0 saturated carbocycles. The number of hydrogen-bond acceptors (Lipinski definition) is 3. The fourth-order valence-electron chi connectivity index (χ4n) is 2.36. The summed E-state index contributed by atoms with van der Waals surface area (Å²) in [6.07, 6.45) is 0.276. The van der Waals surface area contributed by atoms with Crippen molar-refractivity contribution < 1.29 is 18.3 Å². The zero-order valence-corrected chi connectivity index (χ0v) is 12.2. The highest BCUT2D eigenvalue weighted by Crippen LogP contribution is 2.23. The van der Waals surface area contributed by atoms with Crippen molar-refractivity contribution in [1.82, 2.24) is 10.2 Å². The molecule has 1 aromatic carbocycles. The van der Waals surface area contributed by atoms with E-state index in [0.717, 1.165) is 24.7 Å². The van der Waals surface area contributed by atoms with Crippen LogP contribution in [-0.4, -0.2) is 43.7 Å². The van der Waals surface area contributed by atoms with Gasteiger partial charge in [0.05, 0.1) is 19.3 Å². The number of rotatable bonds is 4. The Labute approximate surface area is 123 Å². The van der Waals surface area contributed by atoms with Gasteiger partial charge in [-0.15, -0.1) is 0 Å². The lowest BCUT2D eigenvalue weighted by atomic mass is 10.1. The third-order valence-corrected chi connectivity index (χ3v) is 3.80. The second kappa shape index (κ2) is 6.95. The Kier molecular flexibility index (Phi) is 5.25. The SMILES string of the molecule is CC(c1cc(F)ccc1F)N(C)C(=O)CC1COCCN1. The first-order valence-electron chi connectivity index (χ1n) is 7.00. The van der Waals surface area contributed by atoms with Crippen molar-refractivity contribution >= 4 is 5.91 Å². The summed E-state index contributed by atoms with van der Waals surface area (Å²) in [6.45, 7) is 3.53. The van der Waals surface area contributed by atoms with Crippen LogP contribution in [0.3, 0.4) is 0 Å². The van der Waals surface area contributed by atoms with Gasteiger partial charge in [0.15, 0.2) is 0 Å². The predicted octanol–water partition coefficient (Wildman–Crippen LogP) is 1.86. The Bertz CT molecular complexity index is 504. The molecule has 2 unspecified atom stereocenters. The van der Waals surface area contributed by atoms with Crippen molar-refractivity contribution in [2.24, 2.45) is 0 Å². The van der Waals surface area contributed by atoms with E-state index in [1.807, 2.05) is 0 Å². The molecule has 0 aliphatic carbocycles. The number of amides is 1. The molecule has 1 N–H and O–H groups in total. The zero-order valence-electron chi connectivity index (χ0n) is 12.2. The van der Waals surface area contributed by atoms with Crippen LogP contribution in [0.15, 0.2) is 18.2 Å². The van der Waals surface area contributed by atoms with Crippen molar-refractivity contribution in [3.05, 3.63) is 35.4 Å². The van der Waals surface area contributed by atoms with Crippen LogP contribution in [0.5, 0.6) is 0 Å². The molecule has 0 aromatic heterocycles. The molecule has 0 spiro atoms. The number of carbonyl (C=O) groups is 1. The summed E-state index contributed by atoms with van der Waals surface area (Å²) in [6, 6.07) is 2.72. The first-order valence-corrected chi connectivity index (χ1v) is 7.00. The smallest absolute Gasteiger partial charge is 0.224 e. The van der Waals surface area contributed by atoms with Crippen molar-refractivity contribution in [2.45, 2.75) is 25.4 Å². The third kappa shape index (κ3) is 3.98. The molecule has 2 rings (SSSR count). The molecular weight excluding hydrogens is 278 g/mol. The Hall–Kier alpha value is -1.53. The number of nitrogens with zero attached hydrogens (tertiary/aromatic N) is 1. The summed E-state index contributed by atoms with van der Waals surface area (Å²) in [5.41, 5.74) is 0.179. The van der Waals surface area contributed by atoms with Crippen LogP contribution in [0.1, 0.15) is 24.9 Å². The minimum absolute atomic E-state index is 0.0294. The highest BCUT2D eigenvalue weighted by Gasteiger charge is 2.24. The van der Waals surface area contributed by atoms with Gasteiger partial charge in [-0.3, -0.25) is 4.79 Å². The molecule has 4 nitrogen and oxygen atoms in total. The summed E-state index contributed by atoms with van der Waals surface area (Å²) in [5, 5.41) is 3.20. The number of morpholine rings is 1. The van der Waals surface area contributed by atoms with Crippen molar-refractivity contribution in [3.63, 3.8) is 0 Å². The summed E-state index contributed by atoms with van der Waals surface area (Å²) in [5.74, 6) is -1.15. The molecule has 1 aliphatic rings. The fourth-order valence-corrected chi connectivity index (χ4v) is 2.36. The highest BCUT2D eigenvalue weighted by molar-refractivity contribution is 5.77. The van der Waals surface area contributed by atoms with Crippen LogP contribution in [0.25, 0.3) is 0 Å². The van der Waals surface area contributed by atoms with Gasteiger partial charge in [0.25, 0.3) is 0 Å². The Morgan fingerprint density at radius 2 is 2.29 bits per heavy atom. The third-order valence-electron chi connectivity index (χ3n) is 3.80. The number of hydrogen-bond donors (Lipinski definition) is 1. The van der Waals surface area contributed by atoms with E-state index in [2.05, 4.69) is 5.32 Å². The zero-order chi connectivity index (χ0) is 15.4. The lowest BCUT2D eigenvalue weighted by Crippen LogP contribution is -2.44. The first-order chi connectivity index (χ1) is 9.99. The predicted molar refractivity (Wildman–Crippen MR) is 74.8 cm³/mol. The molecule has 21 heavy (non-hydrogen) atoms. The molecular formula is C15H20F2N2O2. The van der Waals surface area contributed by atoms with Gasteiger partial charge in [-0.1, -0.05) is 0 Å². The average molecular weight is 298 g/mol. The maximum Gasteiger partial charge on any atom is 0.224 e. The van der Waals surface area contributed by atoms with E-state index in [-0.39, 0.29) is 23.9 Å². The molecule has 0 radical (unpaired) electrons. The first kappa shape index (κ1) is 15.9. The molecule has 2 atom stereocenters. The van der Waals surface area contributed by atoms with Gasteiger partial charge >= 0.3 is 0 Å². The highest BCUT2D eigenvalue weighted by atomic mass is 19.1. The van der Waals surface area contributed by atoms with Gasteiger partial charge in [-0.05, 0) is 25.1 Å². The van der Waals surface area contributed by atoms with Gasteiger partial charge in [-0.2, -0.15) is 0 Å². The topological polar surface area (TPSA) is 41.6 Å². The number of ether oxygens (including phenoxy) is 1. The average Bonchev–Trinajstić information content (AvgIpc) is 2.49. The largest absolute Gasteiger partial charge is 0.378 e. The van der Waals surface area contributed by atoms with E-state index in [0.29, 0.717) is 13.2 Å². The number of benzene rings is 1. The molecule has 6 heteroatoms. The number of carbonyl (C=O) groups excluding carboxylic acids is 1. The Balaban J connectivity index is 2.02. The van der Waals surface area contributed by atoms with Crippen molar-refractivity contribution in [1.29, 1.82) is 0 Å². The van der Waals surface area contributed by atoms with Gasteiger partial charge < -0.3 is 15.0 Å². The minimum atomic E-state index is -0.530. The van der Waals surface area contributed by atoms with Crippen LogP contribution in [-0.2, 0) is 9.53 Å². The fraction of sp³-hybridized carbons (Fsp3) is 0.533. The summed E-state index contributed by atoms with van der Waals surface area (Å²) in [4.78, 5) is 13.7. The Morgan fingerprint density at radius 1 is 1.52 bits per heavy atom. The monoisotopic (exact) mass is 298 g/mol. The number of halogens is 2. The molecule has 0 bridgehead atoms. The maximum atomic E-state index is 13.8. The second-order valence-electron chi connectivity index (χ2n) is 5.28. The van der Waals surface area contributed by atoms with E-state index in [9.17, 15) is 13.6 Å². The summed E-state index contributed by atoms with van der Waals surface area (Å²) < 4.78 is 32.3. The summed E-state index contributed by atoms with van der Waals surface area (Å²) in [7, 11) is 1.60. The number of nitrogens with one attached hydrogen (secondary N) is 1. The van der Waals surface area contributed by atoms with Gasteiger partial charge in [-0.25, -0.2) is 8.78 Å². The molecule has 1 aliphatic heterocycles. The van der Waals surface area contributed by atoms with E-state index in [4.69, 9.17) is 4.74 Å². The molecule has 1 aromatic rings. The van der Waals surface area contributed by atoms with E-state index >= 15 is 0 Å². The van der Waals surface area contributed by atoms with Crippen LogP contribution in [0, 0.1) is 11.6 Å². The van der Waals surface area contributed by atoms with E-state index < -0.39 is 17.7 Å². The molecule has 116 valence electrons. The van der Waals surface area contributed by atoms with Gasteiger partial charge in [0, 0.05) is 31.6 Å².